The lowest BCUT2D eigenvalue weighted by Gasteiger charge is -2.17. The minimum atomic E-state index is -3.40. The zero-order valence-corrected chi connectivity index (χ0v) is 10.9. The van der Waals surface area contributed by atoms with Crippen LogP contribution in [-0.2, 0) is 16.8 Å². The molecule has 98 valence electrons. The number of hydrogen-bond acceptors (Lipinski definition) is 4. The second-order valence-electron chi connectivity index (χ2n) is 3.71. The number of aromatic amines is 1. The highest BCUT2D eigenvalue weighted by atomic mass is 32.2. The van der Waals surface area contributed by atoms with E-state index in [1.165, 1.54) is 4.31 Å². The highest BCUT2D eigenvalue weighted by Gasteiger charge is 2.16. The predicted octanol–water partition coefficient (Wildman–Crippen LogP) is -0.715. The van der Waals surface area contributed by atoms with Crippen molar-refractivity contribution >= 4 is 10.2 Å². The number of nitrogens with zero attached hydrogens (tertiary/aromatic N) is 2. The van der Waals surface area contributed by atoms with Gasteiger partial charge in [-0.3, -0.25) is 5.10 Å². The quantitative estimate of drug-likeness (QED) is 0.539. The number of hydrogen-bond donors (Lipinski definition) is 3. The first-order valence-corrected chi connectivity index (χ1v) is 6.83. The first-order valence-electron chi connectivity index (χ1n) is 5.39. The number of H-pyrrole nitrogens is 1. The van der Waals surface area contributed by atoms with E-state index < -0.39 is 10.2 Å². The van der Waals surface area contributed by atoms with E-state index in [9.17, 15) is 8.42 Å². The molecule has 0 aliphatic heterocycles. The summed E-state index contributed by atoms with van der Waals surface area (Å²) in [6, 6.07) is 0. The maximum absolute atomic E-state index is 11.8. The van der Waals surface area contributed by atoms with Gasteiger partial charge in [-0.15, -0.1) is 0 Å². The molecule has 1 aromatic heterocycles. The van der Waals surface area contributed by atoms with Gasteiger partial charge in [-0.25, -0.2) is 0 Å². The van der Waals surface area contributed by atoms with Crippen molar-refractivity contribution in [3.63, 3.8) is 0 Å². The molecule has 0 aliphatic carbocycles. The molecule has 0 aromatic carbocycles. The highest BCUT2D eigenvalue weighted by Crippen LogP contribution is 1.99. The Labute approximate surface area is 102 Å². The molecule has 0 aliphatic rings. The van der Waals surface area contributed by atoms with Crippen molar-refractivity contribution in [3.05, 3.63) is 18.0 Å². The fraction of sp³-hybridized carbons (Fsp3) is 0.667. The molecule has 1 aromatic rings. The lowest BCUT2D eigenvalue weighted by molar-refractivity contribution is 0.447. The Morgan fingerprint density at radius 1 is 1.53 bits per heavy atom. The first-order chi connectivity index (χ1) is 8.06. The van der Waals surface area contributed by atoms with E-state index in [2.05, 4.69) is 20.2 Å². The third kappa shape index (κ3) is 4.82. The van der Waals surface area contributed by atoms with Crippen LogP contribution in [0, 0.1) is 0 Å². The summed E-state index contributed by atoms with van der Waals surface area (Å²) in [6.45, 7) is 1.53. The van der Waals surface area contributed by atoms with Crippen LogP contribution in [0.2, 0.25) is 0 Å². The molecule has 0 fully saturated rings. The van der Waals surface area contributed by atoms with E-state index in [1.54, 1.807) is 19.4 Å². The van der Waals surface area contributed by atoms with Crippen molar-refractivity contribution in [2.24, 2.45) is 0 Å². The Morgan fingerprint density at radius 2 is 2.29 bits per heavy atom. The number of rotatable bonds is 8. The molecule has 0 saturated carbocycles. The summed E-state index contributed by atoms with van der Waals surface area (Å²) in [5, 5.41) is 9.35. The molecule has 3 N–H and O–H groups in total. The van der Waals surface area contributed by atoms with Crippen LogP contribution in [0.25, 0.3) is 0 Å². The molecule has 0 saturated heterocycles. The molecule has 7 nitrogen and oxygen atoms in total. The Morgan fingerprint density at radius 3 is 2.88 bits per heavy atom. The molecule has 0 unspecified atom stereocenters. The molecular formula is C9H19N5O2S. The lowest BCUT2D eigenvalue weighted by atomic mass is 10.4. The number of aromatic nitrogens is 2. The minimum absolute atomic E-state index is 0.245. The Balaban J connectivity index is 2.39. The van der Waals surface area contributed by atoms with E-state index >= 15 is 0 Å². The zero-order valence-electron chi connectivity index (χ0n) is 10.1. The van der Waals surface area contributed by atoms with Crippen LogP contribution in [-0.4, -0.2) is 50.1 Å². The molecule has 8 heteroatoms. The second kappa shape index (κ2) is 6.70. The van der Waals surface area contributed by atoms with Gasteiger partial charge in [0.1, 0.15) is 0 Å². The molecule has 1 rings (SSSR count). The van der Waals surface area contributed by atoms with Gasteiger partial charge in [0.15, 0.2) is 0 Å². The molecule has 0 atom stereocenters. The molecular weight excluding hydrogens is 242 g/mol. The van der Waals surface area contributed by atoms with Crippen molar-refractivity contribution in [1.29, 1.82) is 0 Å². The molecule has 1 heterocycles. The maximum Gasteiger partial charge on any atom is 0.279 e. The summed E-state index contributed by atoms with van der Waals surface area (Å²) in [4.78, 5) is 0. The summed E-state index contributed by atoms with van der Waals surface area (Å²) < 4.78 is 27.4. The van der Waals surface area contributed by atoms with Crippen molar-refractivity contribution in [2.45, 2.75) is 13.0 Å². The Bertz CT molecular complexity index is 403. The zero-order chi connectivity index (χ0) is 12.7. The van der Waals surface area contributed by atoms with Crippen LogP contribution >= 0.6 is 0 Å². The van der Waals surface area contributed by atoms with Crippen molar-refractivity contribution in [3.8, 4) is 0 Å². The van der Waals surface area contributed by atoms with Gasteiger partial charge in [0.2, 0.25) is 0 Å². The predicted molar refractivity (Wildman–Crippen MR) is 65.5 cm³/mol. The van der Waals surface area contributed by atoms with Gasteiger partial charge in [-0.05, 0) is 20.0 Å². The molecule has 17 heavy (non-hydrogen) atoms. The maximum atomic E-state index is 11.8. The van der Waals surface area contributed by atoms with Crippen molar-refractivity contribution in [2.75, 3.05) is 27.2 Å². The summed E-state index contributed by atoms with van der Waals surface area (Å²) in [5.74, 6) is 0. The lowest BCUT2D eigenvalue weighted by Crippen LogP contribution is -2.38. The fourth-order valence-electron chi connectivity index (χ4n) is 1.26. The summed E-state index contributed by atoms with van der Waals surface area (Å²) >= 11 is 0. The van der Waals surface area contributed by atoms with Crippen molar-refractivity contribution < 1.29 is 8.42 Å². The van der Waals surface area contributed by atoms with Crippen LogP contribution in [0.15, 0.2) is 12.4 Å². The third-order valence-electron chi connectivity index (χ3n) is 2.32. The van der Waals surface area contributed by atoms with Gasteiger partial charge in [0.05, 0.1) is 6.20 Å². The molecule has 0 amide bonds. The van der Waals surface area contributed by atoms with Crippen LogP contribution in [0.5, 0.6) is 0 Å². The summed E-state index contributed by atoms with van der Waals surface area (Å²) in [5.41, 5.74) is 0.803. The highest BCUT2D eigenvalue weighted by molar-refractivity contribution is 7.87. The smallest absolute Gasteiger partial charge is 0.279 e. The van der Waals surface area contributed by atoms with Gasteiger partial charge in [0.25, 0.3) is 10.2 Å². The average molecular weight is 261 g/mol. The third-order valence-corrected chi connectivity index (χ3v) is 3.84. The second-order valence-corrected chi connectivity index (χ2v) is 5.57. The van der Waals surface area contributed by atoms with E-state index in [1.807, 2.05) is 7.05 Å². The summed E-state index contributed by atoms with van der Waals surface area (Å²) in [6.07, 6.45) is 4.02. The van der Waals surface area contributed by atoms with Gasteiger partial charge in [-0.1, -0.05) is 0 Å². The van der Waals surface area contributed by atoms with Gasteiger partial charge >= 0.3 is 0 Å². The molecule has 0 radical (unpaired) electrons. The first kappa shape index (κ1) is 14.1. The fourth-order valence-corrected chi connectivity index (χ4v) is 2.20. The van der Waals surface area contributed by atoms with Gasteiger partial charge in [-0.2, -0.15) is 22.5 Å². The van der Waals surface area contributed by atoms with E-state index in [0.29, 0.717) is 6.54 Å². The SMILES string of the molecule is CNCCCN(C)S(=O)(=O)NCc1cn[nH]c1. The summed E-state index contributed by atoms with van der Waals surface area (Å²) in [7, 11) is -0.00114. The molecule has 0 spiro atoms. The Hall–Kier alpha value is -0.960. The molecule has 0 bridgehead atoms. The average Bonchev–Trinajstić information content (AvgIpc) is 2.79. The minimum Gasteiger partial charge on any atom is -0.320 e. The standard InChI is InChI=1S/C9H19N5O2S/c1-10-4-3-5-14(2)17(15,16)13-8-9-6-11-12-7-9/h6-7,10,13H,3-5,8H2,1-2H3,(H,11,12). The largest absolute Gasteiger partial charge is 0.320 e. The number of nitrogens with one attached hydrogen (secondary N) is 3. The topological polar surface area (TPSA) is 90.1 Å². The van der Waals surface area contributed by atoms with Crippen LogP contribution in [0.4, 0.5) is 0 Å². The van der Waals surface area contributed by atoms with E-state index in [0.717, 1.165) is 18.5 Å². The normalized spacial score (nSPS) is 12.2. The van der Waals surface area contributed by atoms with Gasteiger partial charge in [0, 0.05) is 31.9 Å². The van der Waals surface area contributed by atoms with Crippen LogP contribution in [0.1, 0.15) is 12.0 Å². The van der Waals surface area contributed by atoms with Crippen molar-refractivity contribution in [1.82, 2.24) is 24.5 Å². The van der Waals surface area contributed by atoms with E-state index in [-0.39, 0.29) is 6.54 Å². The monoisotopic (exact) mass is 261 g/mol. The van der Waals surface area contributed by atoms with Crippen LogP contribution in [0.3, 0.4) is 0 Å². The Kier molecular flexibility index (Phi) is 5.56. The van der Waals surface area contributed by atoms with E-state index in [4.69, 9.17) is 0 Å². The van der Waals surface area contributed by atoms with Gasteiger partial charge < -0.3 is 5.32 Å². The van der Waals surface area contributed by atoms with Crippen LogP contribution < -0.4 is 10.0 Å².